The molecule has 0 aliphatic heterocycles. The Bertz CT molecular complexity index is 1420. The Morgan fingerprint density at radius 3 is 2.45 bits per heavy atom. The van der Waals surface area contributed by atoms with Gasteiger partial charge in [0.05, 0.1) is 12.7 Å². The van der Waals surface area contributed by atoms with E-state index in [2.05, 4.69) is 52.0 Å². The SMILES string of the molecule is COC(=O)c1cccc(C(=O)Cc2cccc(CNC3CCC(Nc4cccc5cnccc45)CC3)c2)c1. The van der Waals surface area contributed by atoms with Crippen LogP contribution in [0.2, 0.25) is 0 Å². The molecule has 1 aromatic heterocycles. The highest BCUT2D eigenvalue weighted by Gasteiger charge is 2.21. The van der Waals surface area contributed by atoms with E-state index in [1.807, 2.05) is 24.5 Å². The van der Waals surface area contributed by atoms with Gasteiger partial charge in [-0.05, 0) is 61.1 Å². The Morgan fingerprint density at radius 2 is 1.61 bits per heavy atom. The third-order valence-electron chi connectivity index (χ3n) is 7.32. The third kappa shape index (κ3) is 6.26. The molecule has 0 unspecified atom stereocenters. The number of methoxy groups -OCH3 is 1. The van der Waals surface area contributed by atoms with Gasteiger partial charge in [-0.25, -0.2) is 4.79 Å². The van der Waals surface area contributed by atoms with Crippen LogP contribution in [0.5, 0.6) is 0 Å². The molecule has 5 rings (SSSR count). The van der Waals surface area contributed by atoms with Crippen molar-refractivity contribution in [2.75, 3.05) is 12.4 Å². The molecule has 1 heterocycles. The van der Waals surface area contributed by atoms with Crippen molar-refractivity contribution in [3.8, 4) is 0 Å². The summed E-state index contributed by atoms with van der Waals surface area (Å²) in [5, 5.41) is 9.85. The molecule has 0 bridgehead atoms. The number of ether oxygens (including phenoxy) is 1. The molecule has 3 aromatic carbocycles. The minimum Gasteiger partial charge on any atom is -0.465 e. The van der Waals surface area contributed by atoms with Crippen LogP contribution in [0.4, 0.5) is 5.69 Å². The summed E-state index contributed by atoms with van der Waals surface area (Å²) in [6.45, 7) is 0.777. The number of hydrogen-bond acceptors (Lipinski definition) is 6. The van der Waals surface area contributed by atoms with E-state index >= 15 is 0 Å². The zero-order chi connectivity index (χ0) is 26.3. The van der Waals surface area contributed by atoms with Gasteiger partial charge in [0.1, 0.15) is 0 Å². The summed E-state index contributed by atoms with van der Waals surface area (Å²) >= 11 is 0. The van der Waals surface area contributed by atoms with Gasteiger partial charge < -0.3 is 15.4 Å². The van der Waals surface area contributed by atoms with Crippen LogP contribution in [0, 0.1) is 0 Å². The van der Waals surface area contributed by atoms with Crippen LogP contribution in [0.25, 0.3) is 10.8 Å². The zero-order valence-electron chi connectivity index (χ0n) is 21.7. The number of carbonyl (C=O) groups excluding carboxylic acids is 2. The number of ketones is 1. The van der Waals surface area contributed by atoms with Crippen LogP contribution >= 0.6 is 0 Å². The van der Waals surface area contributed by atoms with Crippen LogP contribution in [-0.4, -0.2) is 35.9 Å². The molecule has 0 spiro atoms. The van der Waals surface area contributed by atoms with E-state index in [4.69, 9.17) is 4.74 Å². The molecule has 0 saturated heterocycles. The second-order valence-corrected chi connectivity index (χ2v) is 9.97. The van der Waals surface area contributed by atoms with Crippen molar-refractivity contribution >= 4 is 28.2 Å². The Labute approximate surface area is 223 Å². The Morgan fingerprint density at radius 1 is 0.868 bits per heavy atom. The number of rotatable bonds is 9. The molecular formula is C32H33N3O3. The zero-order valence-corrected chi connectivity index (χ0v) is 21.7. The summed E-state index contributed by atoms with van der Waals surface area (Å²) in [5.41, 5.74) is 4.22. The van der Waals surface area contributed by atoms with Gasteiger partial charge in [0, 0.05) is 59.5 Å². The van der Waals surface area contributed by atoms with Gasteiger partial charge in [0.15, 0.2) is 5.78 Å². The molecule has 2 N–H and O–H groups in total. The summed E-state index contributed by atoms with van der Waals surface area (Å²) in [7, 11) is 1.34. The second kappa shape index (κ2) is 12.0. The van der Waals surface area contributed by atoms with Crippen molar-refractivity contribution < 1.29 is 14.3 Å². The minimum atomic E-state index is -0.441. The van der Waals surface area contributed by atoms with E-state index in [0.29, 0.717) is 29.6 Å². The molecule has 1 saturated carbocycles. The number of fused-ring (bicyclic) bond motifs is 1. The monoisotopic (exact) mass is 507 g/mol. The molecule has 6 nitrogen and oxygen atoms in total. The van der Waals surface area contributed by atoms with Crippen molar-refractivity contribution in [1.82, 2.24) is 10.3 Å². The summed E-state index contributed by atoms with van der Waals surface area (Å²) < 4.78 is 4.77. The maximum atomic E-state index is 12.9. The van der Waals surface area contributed by atoms with Crippen LogP contribution in [0.15, 0.2) is 85.2 Å². The molecule has 0 atom stereocenters. The third-order valence-corrected chi connectivity index (χ3v) is 7.32. The number of Topliss-reactive ketones (excluding diaryl/α,β-unsaturated/α-hetero) is 1. The topological polar surface area (TPSA) is 80.3 Å². The first-order valence-electron chi connectivity index (χ1n) is 13.2. The molecular weight excluding hydrogens is 474 g/mol. The maximum absolute atomic E-state index is 12.9. The number of carbonyl (C=O) groups is 2. The number of hydrogen-bond donors (Lipinski definition) is 2. The Balaban J connectivity index is 1.12. The van der Waals surface area contributed by atoms with Gasteiger partial charge >= 0.3 is 5.97 Å². The van der Waals surface area contributed by atoms with Crippen LogP contribution < -0.4 is 10.6 Å². The van der Waals surface area contributed by atoms with Crippen molar-refractivity contribution in [2.24, 2.45) is 0 Å². The summed E-state index contributed by atoms with van der Waals surface area (Å²) in [6.07, 6.45) is 8.55. The first-order chi connectivity index (χ1) is 18.6. The standard InChI is InChI=1S/C32H33N3O3/c1-38-32(37)25-8-3-7-24(19-25)31(36)18-22-5-2-6-23(17-22)20-34-27-11-13-28(14-12-27)35-30-10-4-9-26-21-33-16-15-29(26)30/h2-10,15-17,19,21,27-28,34-35H,11-14,18,20H2,1H3. The van der Waals surface area contributed by atoms with Crippen LogP contribution in [-0.2, 0) is 17.7 Å². The number of anilines is 1. The van der Waals surface area contributed by atoms with Gasteiger partial charge in [-0.1, -0.05) is 48.5 Å². The van der Waals surface area contributed by atoms with Gasteiger partial charge in [-0.15, -0.1) is 0 Å². The van der Waals surface area contributed by atoms with E-state index in [0.717, 1.165) is 43.2 Å². The van der Waals surface area contributed by atoms with Crippen LogP contribution in [0.3, 0.4) is 0 Å². The average molecular weight is 508 g/mol. The van der Waals surface area contributed by atoms with E-state index in [9.17, 15) is 9.59 Å². The first-order valence-corrected chi connectivity index (χ1v) is 13.2. The number of benzene rings is 3. The summed E-state index contributed by atoms with van der Waals surface area (Å²) in [5.74, 6) is -0.460. The lowest BCUT2D eigenvalue weighted by Gasteiger charge is -2.30. The van der Waals surface area contributed by atoms with Crippen molar-refractivity contribution in [1.29, 1.82) is 0 Å². The number of nitrogens with one attached hydrogen (secondary N) is 2. The molecule has 1 aliphatic carbocycles. The quantitative estimate of drug-likeness (QED) is 0.215. The number of pyridine rings is 1. The van der Waals surface area contributed by atoms with E-state index in [1.165, 1.54) is 23.7 Å². The fourth-order valence-corrected chi connectivity index (χ4v) is 5.25. The van der Waals surface area contributed by atoms with Crippen molar-refractivity contribution in [2.45, 2.75) is 50.7 Å². The summed E-state index contributed by atoms with van der Waals surface area (Å²) in [6, 6.07) is 24.2. The molecule has 6 heteroatoms. The van der Waals surface area contributed by atoms with E-state index in [-0.39, 0.29) is 5.78 Å². The van der Waals surface area contributed by atoms with Gasteiger partial charge in [0.25, 0.3) is 0 Å². The highest BCUT2D eigenvalue weighted by atomic mass is 16.5. The lowest BCUT2D eigenvalue weighted by molar-refractivity contribution is 0.0600. The largest absolute Gasteiger partial charge is 0.465 e. The molecule has 38 heavy (non-hydrogen) atoms. The van der Waals surface area contributed by atoms with Crippen LogP contribution in [0.1, 0.15) is 57.5 Å². The Hall–Kier alpha value is -4.03. The fourth-order valence-electron chi connectivity index (χ4n) is 5.25. The molecule has 0 amide bonds. The highest BCUT2D eigenvalue weighted by Crippen LogP contribution is 2.27. The predicted octanol–water partition coefficient (Wildman–Crippen LogP) is 5.96. The Kier molecular flexibility index (Phi) is 8.09. The fraction of sp³-hybridized carbons (Fsp3) is 0.281. The molecule has 194 valence electrons. The lowest BCUT2D eigenvalue weighted by Crippen LogP contribution is -2.36. The molecule has 4 aromatic rings. The highest BCUT2D eigenvalue weighted by molar-refractivity contribution is 6.00. The second-order valence-electron chi connectivity index (χ2n) is 9.97. The number of aromatic nitrogens is 1. The molecule has 1 fully saturated rings. The normalized spacial score (nSPS) is 17.2. The van der Waals surface area contributed by atoms with Crippen molar-refractivity contribution in [3.63, 3.8) is 0 Å². The average Bonchev–Trinajstić information content (AvgIpc) is 2.97. The van der Waals surface area contributed by atoms with E-state index < -0.39 is 5.97 Å². The summed E-state index contributed by atoms with van der Waals surface area (Å²) in [4.78, 5) is 28.9. The smallest absolute Gasteiger partial charge is 0.337 e. The number of nitrogens with zero attached hydrogens (tertiary/aromatic N) is 1. The van der Waals surface area contributed by atoms with Gasteiger partial charge in [-0.2, -0.15) is 0 Å². The minimum absolute atomic E-state index is 0.0193. The lowest BCUT2D eigenvalue weighted by atomic mass is 9.90. The van der Waals surface area contributed by atoms with E-state index in [1.54, 1.807) is 24.3 Å². The predicted molar refractivity (Wildman–Crippen MR) is 151 cm³/mol. The van der Waals surface area contributed by atoms with Gasteiger partial charge in [0.2, 0.25) is 0 Å². The van der Waals surface area contributed by atoms with Gasteiger partial charge in [-0.3, -0.25) is 9.78 Å². The maximum Gasteiger partial charge on any atom is 0.337 e. The molecule has 1 aliphatic rings. The van der Waals surface area contributed by atoms with Crippen molar-refractivity contribution in [3.05, 3.63) is 107 Å². The number of esters is 1. The first kappa shape index (κ1) is 25.6. The molecule has 0 radical (unpaired) electrons.